The predicted octanol–water partition coefficient (Wildman–Crippen LogP) is 13.4. The van der Waals surface area contributed by atoms with Crippen LogP contribution in [0.25, 0.3) is 78.1 Å². The van der Waals surface area contributed by atoms with Gasteiger partial charge in [0, 0.05) is 22.0 Å². The van der Waals surface area contributed by atoms with Crippen LogP contribution < -0.4 is 0 Å². The van der Waals surface area contributed by atoms with E-state index in [-0.39, 0.29) is 0 Å². The van der Waals surface area contributed by atoms with Crippen LogP contribution in [0.15, 0.2) is 183 Å². The minimum Gasteiger partial charge on any atom is -0.309 e. The summed E-state index contributed by atoms with van der Waals surface area (Å²) >= 11 is 0. The molecule has 53 heavy (non-hydrogen) atoms. The average molecular weight is 674 g/mol. The molecule has 0 N–H and O–H groups in total. The van der Waals surface area contributed by atoms with Gasteiger partial charge in [0.1, 0.15) is 0 Å². The molecule has 1 unspecified atom stereocenters. The third kappa shape index (κ3) is 4.02. The van der Waals surface area contributed by atoms with Gasteiger partial charge in [-0.1, -0.05) is 158 Å². The Labute approximate surface area is 309 Å². The molecule has 0 fully saturated rings. The summed E-state index contributed by atoms with van der Waals surface area (Å²) in [7, 11) is 0. The molecule has 1 heterocycles. The summed E-state index contributed by atoms with van der Waals surface area (Å²) in [5.41, 5.74) is 21.0. The SMILES string of the molecule is C=Cc1ccccc1-c1ccc2c(c1)C1(c3ccccc3-2)c2ccccc2-c2ccc(-c3cccc4c5cc(C)ccc5n(-c5ccccc5)c34)cc21. The van der Waals surface area contributed by atoms with E-state index in [1.807, 2.05) is 6.08 Å². The van der Waals surface area contributed by atoms with Crippen molar-refractivity contribution in [2.75, 3.05) is 0 Å². The molecule has 0 amide bonds. The second-order valence-electron chi connectivity index (χ2n) is 14.5. The van der Waals surface area contributed by atoms with Crippen molar-refractivity contribution in [1.82, 2.24) is 4.57 Å². The maximum absolute atomic E-state index is 4.15. The highest BCUT2D eigenvalue weighted by Crippen LogP contribution is 2.63. The Hall–Kier alpha value is -6.70. The van der Waals surface area contributed by atoms with E-state index >= 15 is 0 Å². The Balaban J connectivity index is 1.23. The van der Waals surface area contributed by atoms with Crippen LogP contribution in [-0.2, 0) is 5.41 Å². The quantitative estimate of drug-likeness (QED) is 0.175. The molecule has 1 spiro atoms. The molecule has 1 aromatic heterocycles. The van der Waals surface area contributed by atoms with Gasteiger partial charge in [-0.3, -0.25) is 0 Å². The fourth-order valence-electron chi connectivity index (χ4n) is 9.67. The van der Waals surface area contributed by atoms with Crippen molar-refractivity contribution in [2.45, 2.75) is 12.3 Å². The minimum absolute atomic E-state index is 0.468. The number of aryl methyl sites for hydroxylation is 1. The number of nitrogens with zero attached hydrogens (tertiary/aromatic N) is 1. The van der Waals surface area contributed by atoms with E-state index in [4.69, 9.17) is 0 Å². The lowest BCUT2D eigenvalue weighted by atomic mass is 9.70. The summed E-state index contributed by atoms with van der Waals surface area (Å²) in [6, 6.07) is 65.6. The molecule has 0 saturated carbocycles. The van der Waals surface area contributed by atoms with Crippen molar-refractivity contribution in [1.29, 1.82) is 0 Å². The van der Waals surface area contributed by atoms with Crippen molar-refractivity contribution in [3.63, 3.8) is 0 Å². The zero-order valence-electron chi connectivity index (χ0n) is 29.5. The van der Waals surface area contributed by atoms with Gasteiger partial charge in [0.15, 0.2) is 0 Å². The maximum Gasteiger partial charge on any atom is 0.0725 e. The van der Waals surface area contributed by atoms with Crippen molar-refractivity contribution in [3.05, 3.63) is 216 Å². The van der Waals surface area contributed by atoms with Crippen molar-refractivity contribution in [2.24, 2.45) is 0 Å². The van der Waals surface area contributed by atoms with Crippen molar-refractivity contribution in [3.8, 4) is 50.2 Å². The number of hydrogen-bond acceptors (Lipinski definition) is 0. The van der Waals surface area contributed by atoms with Crippen LogP contribution in [0.2, 0.25) is 0 Å². The van der Waals surface area contributed by atoms with Crippen LogP contribution in [-0.4, -0.2) is 4.57 Å². The predicted molar refractivity (Wildman–Crippen MR) is 223 cm³/mol. The molecule has 0 bridgehead atoms. The standard InChI is InChI=1S/C52H35N/c1-3-34-14-7-8-17-38(34)35-25-27-42-40-18-9-11-22-46(40)52(48(42)31-35)47-23-12-10-19-41(47)43-28-26-36(32-49(43)52)39-20-13-21-44-45-30-33(2)24-29-50(45)53(51(39)44)37-15-5-4-6-16-37/h3-32H,1H2,2H3. The Morgan fingerprint density at radius 3 is 1.70 bits per heavy atom. The molecule has 1 heteroatoms. The monoisotopic (exact) mass is 673 g/mol. The van der Waals surface area contributed by atoms with Crippen molar-refractivity contribution < 1.29 is 0 Å². The molecule has 0 radical (unpaired) electrons. The second-order valence-corrected chi connectivity index (χ2v) is 14.5. The van der Waals surface area contributed by atoms with Crippen LogP contribution in [0.1, 0.15) is 33.4 Å². The zero-order chi connectivity index (χ0) is 35.3. The number of hydrogen-bond donors (Lipinski definition) is 0. The van der Waals surface area contributed by atoms with Gasteiger partial charge in [0.05, 0.1) is 16.4 Å². The molecule has 0 aliphatic heterocycles. The summed E-state index contributed by atoms with van der Waals surface area (Å²) < 4.78 is 2.46. The van der Waals surface area contributed by atoms with E-state index < -0.39 is 5.41 Å². The Bertz CT molecular complexity index is 2960. The van der Waals surface area contributed by atoms with Crippen LogP contribution in [0.4, 0.5) is 0 Å². The Kier molecular flexibility index (Phi) is 6.31. The first-order chi connectivity index (χ1) is 26.2. The molecule has 1 nitrogen and oxygen atoms in total. The number of para-hydroxylation sites is 2. The van der Waals surface area contributed by atoms with Gasteiger partial charge in [-0.15, -0.1) is 0 Å². The molecular weight excluding hydrogens is 639 g/mol. The molecule has 11 rings (SSSR count). The molecule has 248 valence electrons. The maximum atomic E-state index is 4.15. The van der Waals surface area contributed by atoms with Gasteiger partial charge in [0.2, 0.25) is 0 Å². The van der Waals surface area contributed by atoms with Gasteiger partial charge in [-0.05, 0) is 110 Å². The number of rotatable bonds is 4. The van der Waals surface area contributed by atoms with E-state index in [1.165, 1.54) is 99.8 Å². The topological polar surface area (TPSA) is 4.93 Å². The van der Waals surface area contributed by atoms with E-state index in [0.29, 0.717) is 0 Å². The van der Waals surface area contributed by atoms with Gasteiger partial charge >= 0.3 is 0 Å². The van der Waals surface area contributed by atoms with Gasteiger partial charge in [0.25, 0.3) is 0 Å². The molecule has 9 aromatic rings. The lowest BCUT2D eigenvalue weighted by Crippen LogP contribution is -2.26. The molecule has 2 aliphatic rings. The molecule has 0 saturated heterocycles. The Morgan fingerprint density at radius 2 is 1.02 bits per heavy atom. The number of fused-ring (bicyclic) bond motifs is 13. The fraction of sp³-hybridized carbons (Fsp3) is 0.0385. The van der Waals surface area contributed by atoms with Crippen LogP contribution in [0, 0.1) is 6.92 Å². The van der Waals surface area contributed by atoms with Gasteiger partial charge in [-0.2, -0.15) is 0 Å². The average Bonchev–Trinajstić information content (AvgIpc) is 3.82. The lowest BCUT2D eigenvalue weighted by molar-refractivity contribution is 0.794. The minimum atomic E-state index is -0.468. The van der Waals surface area contributed by atoms with Crippen molar-refractivity contribution >= 4 is 27.9 Å². The van der Waals surface area contributed by atoms with E-state index in [1.54, 1.807) is 0 Å². The summed E-state index contributed by atoms with van der Waals surface area (Å²) in [6.45, 7) is 6.34. The highest BCUT2D eigenvalue weighted by Gasteiger charge is 2.51. The van der Waals surface area contributed by atoms with Gasteiger partial charge < -0.3 is 4.57 Å². The largest absolute Gasteiger partial charge is 0.309 e. The molecular formula is C52H35N. The van der Waals surface area contributed by atoms with Crippen LogP contribution in [0.5, 0.6) is 0 Å². The summed E-state index contributed by atoms with van der Waals surface area (Å²) in [5.74, 6) is 0. The Morgan fingerprint density at radius 1 is 0.453 bits per heavy atom. The second kappa shape index (κ2) is 11.1. The van der Waals surface area contributed by atoms with E-state index in [2.05, 4.69) is 194 Å². The zero-order valence-corrected chi connectivity index (χ0v) is 29.5. The lowest BCUT2D eigenvalue weighted by Gasteiger charge is -2.31. The molecule has 8 aromatic carbocycles. The first kappa shape index (κ1) is 30.0. The van der Waals surface area contributed by atoms with Gasteiger partial charge in [-0.25, -0.2) is 0 Å². The summed E-state index contributed by atoms with van der Waals surface area (Å²) in [4.78, 5) is 0. The fourth-order valence-corrected chi connectivity index (χ4v) is 9.67. The summed E-state index contributed by atoms with van der Waals surface area (Å²) in [6.07, 6.45) is 1.97. The molecule has 2 aliphatic carbocycles. The highest BCUT2D eigenvalue weighted by atomic mass is 15.0. The van der Waals surface area contributed by atoms with E-state index in [0.717, 1.165) is 5.56 Å². The number of aromatic nitrogens is 1. The first-order valence-electron chi connectivity index (χ1n) is 18.5. The smallest absolute Gasteiger partial charge is 0.0725 e. The normalized spacial score (nSPS) is 15.0. The molecule has 1 atom stereocenters. The number of benzene rings is 8. The third-order valence-electron chi connectivity index (χ3n) is 11.8. The van der Waals surface area contributed by atoms with Crippen LogP contribution in [0.3, 0.4) is 0 Å². The first-order valence-corrected chi connectivity index (χ1v) is 18.5. The summed E-state index contributed by atoms with van der Waals surface area (Å²) in [5, 5.41) is 2.55. The highest BCUT2D eigenvalue weighted by molar-refractivity contribution is 6.14. The third-order valence-corrected chi connectivity index (χ3v) is 11.8. The van der Waals surface area contributed by atoms with E-state index in [9.17, 15) is 0 Å². The van der Waals surface area contributed by atoms with Crippen LogP contribution >= 0.6 is 0 Å².